The van der Waals surface area contributed by atoms with E-state index in [2.05, 4.69) is 15.3 Å². The highest BCUT2D eigenvalue weighted by Crippen LogP contribution is 2.25. The summed E-state index contributed by atoms with van der Waals surface area (Å²) in [5.41, 5.74) is 0.443. The highest BCUT2D eigenvalue weighted by molar-refractivity contribution is 14.0. The van der Waals surface area contributed by atoms with Crippen molar-refractivity contribution in [1.29, 1.82) is 0 Å². The number of ether oxygens (including phenoxy) is 2. The van der Waals surface area contributed by atoms with Gasteiger partial charge in [-0.2, -0.15) is 13.2 Å². The van der Waals surface area contributed by atoms with Gasteiger partial charge in [0.2, 0.25) is 5.88 Å². The number of pyridine rings is 1. The zero-order valence-corrected chi connectivity index (χ0v) is 18.9. The largest absolute Gasteiger partial charge is 0.469 e. The number of nitrogens with zero attached hydrogens (tertiary/aromatic N) is 3. The fraction of sp³-hybridized carbons (Fsp3) is 0.611. The highest BCUT2D eigenvalue weighted by atomic mass is 127. The lowest BCUT2D eigenvalue weighted by molar-refractivity contribution is -0.154. The van der Waals surface area contributed by atoms with Gasteiger partial charge in [-0.05, 0) is 18.9 Å². The monoisotopic (exact) mass is 530 g/mol. The van der Waals surface area contributed by atoms with E-state index in [1.807, 2.05) is 18.7 Å². The molecule has 7 nitrogen and oxygen atoms in total. The molecule has 2 unspecified atom stereocenters. The molecule has 1 fully saturated rings. The van der Waals surface area contributed by atoms with Crippen LogP contribution in [0.15, 0.2) is 23.3 Å². The van der Waals surface area contributed by atoms with Gasteiger partial charge in [-0.15, -0.1) is 24.0 Å². The van der Waals surface area contributed by atoms with Crippen molar-refractivity contribution in [3.8, 4) is 5.88 Å². The lowest BCUT2D eigenvalue weighted by Gasteiger charge is -2.21. The van der Waals surface area contributed by atoms with Gasteiger partial charge in [0.25, 0.3) is 0 Å². The highest BCUT2D eigenvalue weighted by Gasteiger charge is 2.37. The lowest BCUT2D eigenvalue weighted by Crippen LogP contribution is -2.40. The summed E-state index contributed by atoms with van der Waals surface area (Å²) >= 11 is 0. The number of rotatable bonds is 6. The van der Waals surface area contributed by atoms with Crippen LogP contribution >= 0.6 is 24.0 Å². The number of guanidine groups is 1. The summed E-state index contributed by atoms with van der Waals surface area (Å²) < 4.78 is 46.9. The first-order valence-corrected chi connectivity index (χ1v) is 8.99. The Bertz CT molecular complexity index is 703. The molecule has 1 aliphatic rings. The van der Waals surface area contributed by atoms with Gasteiger partial charge in [0.05, 0.1) is 19.6 Å². The van der Waals surface area contributed by atoms with Crippen molar-refractivity contribution < 1.29 is 27.4 Å². The number of nitrogens with one attached hydrogen (secondary N) is 1. The topological polar surface area (TPSA) is 76.1 Å². The van der Waals surface area contributed by atoms with Gasteiger partial charge in [0.15, 0.2) is 12.6 Å². The minimum Gasteiger partial charge on any atom is -0.469 e. The molecule has 1 N–H and O–H groups in total. The van der Waals surface area contributed by atoms with E-state index in [-0.39, 0.29) is 54.2 Å². The van der Waals surface area contributed by atoms with Crippen LogP contribution in [-0.4, -0.2) is 61.3 Å². The zero-order chi connectivity index (χ0) is 20.7. The SMILES string of the molecule is CCNC(=NCc1cccnc1OCC(F)(F)F)N1CC(C)C(C(=O)OC)C1.I. The fourth-order valence-corrected chi connectivity index (χ4v) is 3.01. The third-order valence-electron chi connectivity index (χ3n) is 4.37. The van der Waals surface area contributed by atoms with Crippen LogP contribution in [-0.2, 0) is 16.1 Å². The Labute approximate surface area is 185 Å². The van der Waals surface area contributed by atoms with Crippen LogP contribution in [0.25, 0.3) is 0 Å². The molecule has 0 amide bonds. The molecule has 164 valence electrons. The maximum absolute atomic E-state index is 12.4. The average molecular weight is 530 g/mol. The molecule has 0 saturated carbocycles. The summed E-state index contributed by atoms with van der Waals surface area (Å²) in [5.74, 6) is 0.0623. The van der Waals surface area contributed by atoms with Crippen molar-refractivity contribution in [1.82, 2.24) is 15.2 Å². The summed E-state index contributed by atoms with van der Waals surface area (Å²) in [7, 11) is 1.36. The summed E-state index contributed by atoms with van der Waals surface area (Å²) in [6, 6.07) is 3.24. The van der Waals surface area contributed by atoms with Gasteiger partial charge < -0.3 is 19.7 Å². The number of carbonyl (C=O) groups excluding carboxylic acids is 1. The Morgan fingerprint density at radius 1 is 1.41 bits per heavy atom. The predicted molar refractivity (Wildman–Crippen MR) is 112 cm³/mol. The molecule has 1 saturated heterocycles. The third kappa shape index (κ3) is 7.52. The van der Waals surface area contributed by atoms with E-state index >= 15 is 0 Å². The van der Waals surface area contributed by atoms with Crippen LogP contribution in [0.5, 0.6) is 5.88 Å². The van der Waals surface area contributed by atoms with Crippen LogP contribution in [0.4, 0.5) is 13.2 Å². The van der Waals surface area contributed by atoms with Crippen LogP contribution in [0, 0.1) is 11.8 Å². The summed E-state index contributed by atoms with van der Waals surface area (Å²) in [4.78, 5) is 22.2. The minimum absolute atomic E-state index is 0. The van der Waals surface area contributed by atoms with Gasteiger partial charge in [-0.25, -0.2) is 9.98 Å². The maximum atomic E-state index is 12.4. The maximum Gasteiger partial charge on any atom is 0.422 e. The third-order valence-corrected chi connectivity index (χ3v) is 4.37. The molecule has 1 aromatic heterocycles. The molecule has 2 atom stereocenters. The Balaban J connectivity index is 0.00000420. The molecule has 0 radical (unpaired) electrons. The summed E-state index contributed by atoms with van der Waals surface area (Å²) in [5, 5.41) is 3.15. The van der Waals surface area contributed by atoms with Gasteiger partial charge in [0.1, 0.15) is 0 Å². The molecule has 2 heterocycles. The number of aromatic nitrogens is 1. The minimum atomic E-state index is -4.44. The quantitative estimate of drug-likeness (QED) is 0.264. The van der Waals surface area contributed by atoms with Gasteiger partial charge in [-0.3, -0.25) is 4.79 Å². The second-order valence-corrected chi connectivity index (χ2v) is 6.55. The number of halogens is 4. The number of methoxy groups -OCH3 is 1. The van der Waals surface area contributed by atoms with E-state index in [0.717, 1.165) is 0 Å². The van der Waals surface area contributed by atoms with Crippen LogP contribution in [0.3, 0.4) is 0 Å². The van der Waals surface area contributed by atoms with E-state index in [1.54, 1.807) is 12.1 Å². The first kappa shape index (κ1) is 25.2. The van der Waals surface area contributed by atoms with E-state index < -0.39 is 12.8 Å². The zero-order valence-electron chi connectivity index (χ0n) is 16.5. The molecule has 11 heteroatoms. The Morgan fingerprint density at radius 3 is 2.76 bits per heavy atom. The number of hydrogen-bond donors (Lipinski definition) is 1. The van der Waals surface area contributed by atoms with Crippen LogP contribution in [0.1, 0.15) is 19.4 Å². The Hall–Kier alpha value is -1.79. The number of esters is 1. The summed E-state index contributed by atoms with van der Waals surface area (Å²) in [6.45, 7) is 4.25. The molecule has 0 bridgehead atoms. The van der Waals surface area contributed by atoms with Crippen molar-refractivity contribution in [3.63, 3.8) is 0 Å². The van der Waals surface area contributed by atoms with Crippen molar-refractivity contribution in [2.24, 2.45) is 16.8 Å². The molecule has 0 spiro atoms. The molecule has 2 rings (SSSR count). The first-order valence-electron chi connectivity index (χ1n) is 8.99. The Kier molecular flexibility index (Phi) is 9.93. The number of hydrogen-bond acceptors (Lipinski definition) is 5. The van der Waals surface area contributed by atoms with Gasteiger partial charge >= 0.3 is 12.1 Å². The normalized spacial score (nSPS) is 19.5. The molecule has 1 aliphatic heterocycles. The molecular weight excluding hydrogens is 504 g/mol. The number of carbonyl (C=O) groups is 1. The van der Waals surface area contributed by atoms with Crippen molar-refractivity contribution >= 4 is 35.9 Å². The number of alkyl halides is 3. The van der Waals surface area contributed by atoms with Crippen LogP contribution < -0.4 is 10.1 Å². The second-order valence-electron chi connectivity index (χ2n) is 6.55. The first-order chi connectivity index (χ1) is 13.2. The number of aliphatic imine (C=N–C) groups is 1. The Morgan fingerprint density at radius 2 is 2.14 bits per heavy atom. The molecular formula is C18H26F3IN4O3. The standard InChI is InChI=1S/C18H25F3N4O3.HI/c1-4-22-17(25-9-12(2)14(10-25)16(26)27-3)24-8-13-6-5-7-23-15(13)28-11-18(19,20)21;/h5-7,12,14H,4,8-11H2,1-3H3,(H,22,24);1H. The molecule has 0 aliphatic carbocycles. The molecule has 1 aromatic rings. The summed E-state index contributed by atoms with van der Waals surface area (Å²) in [6.07, 6.45) is -3.07. The smallest absolute Gasteiger partial charge is 0.422 e. The number of likely N-dealkylation sites (tertiary alicyclic amines) is 1. The van der Waals surface area contributed by atoms with Gasteiger partial charge in [0, 0.05) is 31.4 Å². The lowest BCUT2D eigenvalue weighted by atomic mass is 9.99. The van der Waals surface area contributed by atoms with E-state index in [4.69, 9.17) is 9.47 Å². The average Bonchev–Trinajstić information content (AvgIpc) is 3.04. The van der Waals surface area contributed by atoms with E-state index in [9.17, 15) is 18.0 Å². The second kappa shape index (κ2) is 11.4. The van der Waals surface area contributed by atoms with E-state index in [0.29, 0.717) is 31.2 Å². The predicted octanol–water partition coefficient (Wildman–Crippen LogP) is 2.85. The van der Waals surface area contributed by atoms with Crippen molar-refractivity contribution in [2.45, 2.75) is 26.6 Å². The van der Waals surface area contributed by atoms with Gasteiger partial charge in [-0.1, -0.05) is 13.0 Å². The molecule has 29 heavy (non-hydrogen) atoms. The van der Waals surface area contributed by atoms with Crippen molar-refractivity contribution in [3.05, 3.63) is 23.9 Å². The van der Waals surface area contributed by atoms with E-state index in [1.165, 1.54) is 13.3 Å². The molecule has 0 aromatic carbocycles. The fourth-order valence-electron chi connectivity index (χ4n) is 3.01. The van der Waals surface area contributed by atoms with Crippen LogP contribution in [0.2, 0.25) is 0 Å². The van der Waals surface area contributed by atoms with Crippen molar-refractivity contribution in [2.75, 3.05) is 33.4 Å².